The summed E-state index contributed by atoms with van der Waals surface area (Å²) in [5, 5.41) is 4.64. The maximum absolute atomic E-state index is 6.12. The largest absolute Gasteiger partial charge is 0.495 e. The van der Waals surface area contributed by atoms with Gasteiger partial charge >= 0.3 is 0 Å². The van der Waals surface area contributed by atoms with Gasteiger partial charge in [0.25, 0.3) is 0 Å². The average Bonchev–Trinajstić information content (AvgIpc) is 2.44. The molecule has 0 amide bonds. The molecule has 0 bridgehead atoms. The number of ether oxygens (including phenoxy) is 1. The monoisotopic (exact) mass is 349 g/mol. The van der Waals surface area contributed by atoms with Crippen molar-refractivity contribution in [1.82, 2.24) is 5.32 Å². The lowest BCUT2D eigenvalue weighted by atomic mass is 9.97. The molecule has 0 atom stereocenters. The van der Waals surface area contributed by atoms with Crippen molar-refractivity contribution in [3.8, 4) is 5.75 Å². The third kappa shape index (κ3) is 5.71. The van der Waals surface area contributed by atoms with Crippen molar-refractivity contribution >= 4 is 35.6 Å². The van der Waals surface area contributed by atoms with Crippen LogP contribution in [0.3, 0.4) is 0 Å². The first kappa shape index (κ1) is 18.6. The number of hydrogen-bond donors (Lipinski definition) is 1. The van der Waals surface area contributed by atoms with Crippen LogP contribution in [0.25, 0.3) is 0 Å². The Labute approximate surface area is 143 Å². The lowest BCUT2D eigenvalue weighted by Crippen LogP contribution is -2.16. The minimum atomic E-state index is 0. The van der Waals surface area contributed by atoms with E-state index in [0.717, 1.165) is 25.1 Å². The summed E-state index contributed by atoms with van der Waals surface area (Å²) in [6.07, 6.45) is 8.69. The lowest BCUT2D eigenvalue weighted by molar-refractivity contribution is 0.408. The minimum absolute atomic E-state index is 0. The Kier molecular flexibility index (Phi) is 8.50. The van der Waals surface area contributed by atoms with Crippen LogP contribution < -0.4 is 10.1 Å². The predicted molar refractivity (Wildman–Crippen MR) is 93.1 cm³/mol. The number of nitrogens with one attached hydrogen (secondary N) is 1. The molecule has 0 radical (unpaired) electrons. The molecule has 1 aliphatic rings. The molecule has 1 aromatic rings. The van der Waals surface area contributed by atoms with Crippen molar-refractivity contribution in [3.63, 3.8) is 0 Å². The maximum Gasteiger partial charge on any atom is 0.142 e. The second-order valence-electron chi connectivity index (χ2n) is 5.11. The first-order chi connectivity index (χ1) is 9.70. The fourth-order valence-electron chi connectivity index (χ4n) is 2.58. The zero-order valence-electron chi connectivity index (χ0n) is 12.3. The SMILES string of the molecule is COc1c(Cl)cc(Cl)cc1CNCCC1=CCCCC1.Cl. The fraction of sp³-hybridized carbons (Fsp3) is 0.500. The summed E-state index contributed by atoms with van der Waals surface area (Å²) in [5.74, 6) is 0.709. The second-order valence-corrected chi connectivity index (χ2v) is 5.96. The van der Waals surface area contributed by atoms with Gasteiger partial charge in [0.15, 0.2) is 0 Å². The molecule has 2 rings (SSSR count). The maximum atomic E-state index is 6.12. The first-order valence-corrected chi connectivity index (χ1v) is 7.87. The highest BCUT2D eigenvalue weighted by Gasteiger charge is 2.09. The molecule has 0 unspecified atom stereocenters. The second kappa shape index (κ2) is 9.58. The van der Waals surface area contributed by atoms with Gasteiger partial charge in [-0.1, -0.05) is 34.9 Å². The number of benzene rings is 1. The van der Waals surface area contributed by atoms with Gasteiger partial charge in [-0.15, -0.1) is 12.4 Å². The van der Waals surface area contributed by atoms with Gasteiger partial charge in [0.1, 0.15) is 5.75 Å². The van der Waals surface area contributed by atoms with Crippen molar-refractivity contribution in [2.45, 2.75) is 38.6 Å². The van der Waals surface area contributed by atoms with E-state index in [1.165, 1.54) is 25.7 Å². The molecular weight excluding hydrogens is 329 g/mol. The Morgan fingerprint density at radius 2 is 2.05 bits per heavy atom. The van der Waals surface area contributed by atoms with Crippen molar-refractivity contribution in [2.75, 3.05) is 13.7 Å². The average molecular weight is 351 g/mol. The van der Waals surface area contributed by atoms with Crippen LogP contribution >= 0.6 is 35.6 Å². The van der Waals surface area contributed by atoms with Gasteiger partial charge in [-0.3, -0.25) is 0 Å². The molecular formula is C16H22Cl3NO. The fourth-order valence-corrected chi connectivity index (χ4v) is 3.19. The molecule has 21 heavy (non-hydrogen) atoms. The van der Waals surface area contributed by atoms with E-state index in [0.29, 0.717) is 15.8 Å². The summed E-state index contributed by atoms with van der Waals surface area (Å²) >= 11 is 12.2. The van der Waals surface area contributed by atoms with E-state index in [9.17, 15) is 0 Å². The Morgan fingerprint density at radius 1 is 1.24 bits per heavy atom. The van der Waals surface area contributed by atoms with Crippen LogP contribution in [0.15, 0.2) is 23.8 Å². The van der Waals surface area contributed by atoms with Crippen LogP contribution in [0, 0.1) is 0 Å². The van der Waals surface area contributed by atoms with Crippen LogP contribution in [0.5, 0.6) is 5.75 Å². The summed E-state index contributed by atoms with van der Waals surface area (Å²) < 4.78 is 5.34. The number of allylic oxidation sites excluding steroid dienone is 1. The van der Waals surface area contributed by atoms with Gasteiger partial charge in [-0.25, -0.2) is 0 Å². The van der Waals surface area contributed by atoms with Gasteiger partial charge in [0.05, 0.1) is 12.1 Å². The van der Waals surface area contributed by atoms with E-state index in [4.69, 9.17) is 27.9 Å². The van der Waals surface area contributed by atoms with E-state index < -0.39 is 0 Å². The van der Waals surface area contributed by atoms with Crippen molar-refractivity contribution < 1.29 is 4.74 Å². The number of hydrogen-bond acceptors (Lipinski definition) is 2. The van der Waals surface area contributed by atoms with Crippen molar-refractivity contribution in [3.05, 3.63) is 39.4 Å². The topological polar surface area (TPSA) is 21.3 Å². The number of methoxy groups -OCH3 is 1. The van der Waals surface area contributed by atoms with Gasteiger partial charge < -0.3 is 10.1 Å². The Bertz CT molecular complexity index is 489. The lowest BCUT2D eigenvalue weighted by Gasteiger charge is -2.14. The van der Waals surface area contributed by atoms with E-state index in [-0.39, 0.29) is 12.4 Å². The van der Waals surface area contributed by atoms with Crippen molar-refractivity contribution in [2.24, 2.45) is 0 Å². The van der Waals surface area contributed by atoms with E-state index in [2.05, 4.69) is 11.4 Å². The standard InChI is InChI=1S/C16H21Cl2NO.ClH/c1-20-16-13(9-14(17)10-15(16)18)11-19-8-7-12-5-3-2-4-6-12;/h5,9-10,19H,2-4,6-8,11H2,1H3;1H. The summed E-state index contributed by atoms with van der Waals surface area (Å²) in [4.78, 5) is 0. The molecule has 0 aromatic heterocycles. The van der Waals surface area contributed by atoms with Crippen LogP contribution in [0.4, 0.5) is 0 Å². The summed E-state index contributed by atoms with van der Waals surface area (Å²) in [6.45, 7) is 1.69. The van der Waals surface area contributed by atoms with E-state index >= 15 is 0 Å². The third-order valence-electron chi connectivity index (χ3n) is 3.61. The molecule has 0 heterocycles. The molecule has 0 spiro atoms. The first-order valence-electron chi connectivity index (χ1n) is 7.11. The van der Waals surface area contributed by atoms with Crippen LogP contribution in [-0.2, 0) is 6.54 Å². The molecule has 1 aliphatic carbocycles. The van der Waals surface area contributed by atoms with Crippen LogP contribution in [0.1, 0.15) is 37.7 Å². The molecule has 0 saturated carbocycles. The molecule has 118 valence electrons. The minimum Gasteiger partial charge on any atom is -0.495 e. The molecule has 1 aromatic carbocycles. The van der Waals surface area contributed by atoms with Crippen LogP contribution in [0.2, 0.25) is 10.0 Å². The molecule has 1 N–H and O–H groups in total. The number of rotatable bonds is 6. The van der Waals surface area contributed by atoms with Gasteiger partial charge in [0.2, 0.25) is 0 Å². The Morgan fingerprint density at radius 3 is 2.71 bits per heavy atom. The number of halogens is 3. The Balaban J connectivity index is 0.00000220. The Hall–Kier alpha value is -0.410. The van der Waals surface area contributed by atoms with E-state index in [1.54, 1.807) is 18.7 Å². The highest BCUT2D eigenvalue weighted by atomic mass is 35.5. The van der Waals surface area contributed by atoms with Crippen molar-refractivity contribution in [1.29, 1.82) is 0 Å². The molecule has 5 heteroatoms. The molecule has 0 aliphatic heterocycles. The van der Waals surface area contributed by atoms with Gasteiger partial charge in [0, 0.05) is 17.1 Å². The quantitative estimate of drug-likeness (QED) is 0.547. The van der Waals surface area contributed by atoms with Gasteiger partial charge in [-0.2, -0.15) is 0 Å². The van der Waals surface area contributed by atoms with Gasteiger partial charge in [-0.05, 0) is 50.8 Å². The smallest absolute Gasteiger partial charge is 0.142 e. The highest BCUT2D eigenvalue weighted by Crippen LogP contribution is 2.32. The zero-order valence-corrected chi connectivity index (χ0v) is 14.6. The van der Waals surface area contributed by atoms with Crippen LogP contribution in [-0.4, -0.2) is 13.7 Å². The normalized spacial score (nSPS) is 14.3. The molecule has 0 fully saturated rings. The summed E-state index contributed by atoms with van der Waals surface area (Å²) in [5.41, 5.74) is 2.59. The zero-order chi connectivity index (χ0) is 14.4. The summed E-state index contributed by atoms with van der Waals surface area (Å²) in [7, 11) is 1.63. The third-order valence-corrected chi connectivity index (χ3v) is 4.11. The molecule has 2 nitrogen and oxygen atoms in total. The highest BCUT2D eigenvalue weighted by molar-refractivity contribution is 6.35. The van der Waals surface area contributed by atoms with E-state index in [1.807, 2.05) is 6.07 Å². The predicted octanol–water partition coefficient (Wildman–Crippen LogP) is 5.40. The summed E-state index contributed by atoms with van der Waals surface area (Å²) in [6, 6.07) is 3.61. The molecule has 0 saturated heterocycles.